The minimum Gasteiger partial charge on any atom is -0.480 e. The number of imide groups is 1. The van der Waals surface area contributed by atoms with Gasteiger partial charge in [-0.25, -0.2) is 4.79 Å². The van der Waals surface area contributed by atoms with Crippen molar-refractivity contribution in [3.63, 3.8) is 0 Å². The molecule has 2 N–H and O–H groups in total. The molecule has 0 saturated carbocycles. The highest BCUT2D eigenvalue weighted by atomic mass is 16.4. The second-order valence-corrected chi connectivity index (χ2v) is 5.52. The van der Waals surface area contributed by atoms with Gasteiger partial charge in [-0.15, -0.1) is 0 Å². The quantitative estimate of drug-likeness (QED) is 0.673. The first-order valence-corrected chi connectivity index (χ1v) is 6.77. The molecule has 1 fully saturated rings. The summed E-state index contributed by atoms with van der Waals surface area (Å²) in [5.74, 6) is -2.19. The lowest BCUT2D eigenvalue weighted by molar-refractivity contribution is -0.147. The fourth-order valence-corrected chi connectivity index (χ4v) is 2.06. The number of urea groups is 1. The van der Waals surface area contributed by atoms with Crippen molar-refractivity contribution in [2.75, 3.05) is 13.1 Å². The standard InChI is InChI=1S/C13H21N3O5/c1-5-13(4)11(20)16(12(21)14-13)6-9(17)15(8(2)3)7-10(18)19/h8H,5-7H2,1-4H3,(H,14,21)(H,18,19). The minimum atomic E-state index is -1.15. The van der Waals surface area contributed by atoms with Gasteiger partial charge in [0, 0.05) is 6.04 Å². The van der Waals surface area contributed by atoms with Crippen molar-refractivity contribution in [3.8, 4) is 0 Å². The van der Waals surface area contributed by atoms with Gasteiger partial charge in [0.15, 0.2) is 0 Å². The van der Waals surface area contributed by atoms with Gasteiger partial charge in [-0.05, 0) is 27.2 Å². The Morgan fingerprint density at radius 3 is 2.33 bits per heavy atom. The summed E-state index contributed by atoms with van der Waals surface area (Å²) >= 11 is 0. The van der Waals surface area contributed by atoms with Crippen LogP contribution in [0.15, 0.2) is 0 Å². The second-order valence-electron chi connectivity index (χ2n) is 5.52. The number of nitrogens with zero attached hydrogens (tertiary/aromatic N) is 2. The van der Waals surface area contributed by atoms with Crippen molar-refractivity contribution in [2.24, 2.45) is 0 Å². The van der Waals surface area contributed by atoms with Gasteiger partial charge in [0.05, 0.1) is 0 Å². The smallest absolute Gasteiger partial charge is 0.325 e. The predicted molar refractivity (Wildman–Crippen MR) is 73.4 cm³/mol. The van der Waals surface area contributed by atoms with Gasteiger partial charge in [-0.1, -0.05) is 6.92 Å². The van der Waals surface area contributed by atoms with Crippen molar-refractivity contribution in [3.05, 3.63) is 0 Å². The molecule has 1 aliphatic rings. The number of aliphatic carboxylic acids is 1. The van der Waals surface area contributed by atoms with E-state index in [1.165, 1.54) is 0 Å². The lowest BCUT2D eigenvalue weighted by Gasteiger charge is -2.26. The number of carboxylic acids is 1. The molecule has 0 aliphatic carbocycles. The van der Waals surface area contributed by atoms with Crippen LogP contribution in [0.2, 0.25) is 0 Å². The summed E-state index contributed by atoms with van der Waals surface area (Å²) in [6.07, 6.45) is 0.408. The summed E-state index contributed by atoms with van der Waals surface area (Å²) in [6.45, 7) is 5.77. The Bertz CT molecular complexity index is 476. The van der Waals surface area contributed by atoms with E-state index in [0.29, 0.717) is 6.42 Å². The topological polar surface area (TPSA) is 107 Å². The minimum absolute atomic E-state index is 0.341. The van der Waals surface area contributed by atoms with Crippen LogP contribution in [-0.4, -0.2) is 63.4 Å². The number of hydrogen-bond acceptors (Lipinski definition) is 4. The number of amides is 4. The largest absolute Gasteiger partial charge is 0.480 e. The average Bonchev–Trinajstić information content (AvgIpc) is 2.59. The molecular weight excluding hydrogens is 278 g/mol. The van der Waals surface area contributed by atoms with Crippen molar-refractivity contribution >= 4 is 23.8 Å². The molecule has 118 valence electrons. The molecule has 0 bridgehead atoms. The van der Waals surface area contributed by atoms with Crippen LogP contribution in [0, 0.1) is 0 Å². The average molecular weight is 299 g/mol. The molecule has 0 aromatic carbocycles. The van der Waals surface area contributed by atoms with E-state index in [1.807, 2.05) is 0 Å². The summed E-state index contributed by atoms with van der Waals surface area (Å²) in [5, 5.41) is 11.4. The number of nitrogens with one attached hydrogen (secondary N) is 1. The van der Waals surface area contributed by atoms with E-state index < -0.39 is 42.4 Å². The van der Waals surface area contributed by atoms with Crippen LogP contribution in [0.4, 0.5) is 4.79 Å². The predicted octanol–water partition coefficient (Wildman–Crippen LogP) is 0.0285. The van der Waals surface area contributed by atoms with Crippen LogP contribution in [0.5, 0.6) is 0 Å². The number of carboxylic acid groups (broad SMARTS) is 1. The molecule has 1 atom stereocenters. The highest BCUT2D eigenvalue weighted by Gasteiger charge is 2.47. The fourth-order valence-electron chi connectivity index (χ4n) is 2.06. The number of carbonyl (C=O) groups is 4. The van der Waals surface area contributed by atoms with Gasteiger partial charge < -0.3 is 15.3 Å². The third-order valence-corrected chi connectivity index (χ3v) is 3.59. The van der Waals surface area contributed by atoms with Gasteiger partial charge in [-0.3, -0.25) is 19.3 Å². The Morgan fingerprint density at radius 1 is 1.38 bits per heavy atom. The molecule has 1 unspecified atom stereocenters. The molecule has 0 aromatic heterocycles. The molecule has 0 radical (unpaired) electrons. The van der Waals surface area contributed by atoms with E-state index in [9.17, 15) is 19.2 Å². The maximum Gasteiger partial charge on any atom is 0.325 e. The molecule has 4 amide bonds. The van der Waals surface area contributed by atoms with Gasteiger partial charge in [0.1, 0.15) is 18.6 Å². The van der Waals surface area contributed by atoms with Crippen LogP contribution < -0.4 is 5.32 Å². The molecule has 8 nitrogen and oxygen atoms in total. The van der Waals surface area contributed by atoms with E-state index in [1.54, 1.807) is 27.7 Å². The van der Waals surface area contributed by atoms with Crippen LogP contribution in [-0.2, 0) is 14.4 Å². The van der Waals surface area contributed by atoms with Crippen molar-refractivity contribution < 1.29 is 24.3 Å². The summed E-state index contributed by atoms with van der Waals surface area (Å²) in [6, 6.07) is -0.969. The van der Waals surface area contributed by atoms with Crippen LogP contribution in [0.1, 0.15) is 34.1 Å². The molecule has 1 aliphatic heterocycles. The van der Waals surface area contributed by atoms with Crippen molar-refractivity contribution in [1.29, 1.82) is 0 Å². The maximum atomic E-state index is 12.2. The zero-order chi connectivity index (χ0) is 16.4. The van der Waals surface area contributed by atoms with Crippen molar-refractivity contribution in [1.82, 2.24) is 15.1 Å². The summed E-state index contributed by atoms with van der Waals surface area (Å²) in [7, 11) is 0. The first-order chi connectivity index (χ1) is 9.62. The van der Waals surface area contributed by atoms with E-state index in [4.69, 9.17) is 5.11 Å². The molecular formula is C13H21N3O5. The third kappa shape index (κ3) is 3.50. The fraction of sp³-hybridized carbons (Fsp3) is 0.692. The van der Waals surface area contributed by atoms with E-state index >= 15 is 0 Å². The van der Waals surface area contributed by atoms with Gasteiger partial charge in [-0.2, -0.15) is 0 Å². The first-order valence-electron chi connectivity index (χ1n) is 6.77. The number of rotatable bonds is 6. The Balaban J connectivity index is 2.84. The third-order valence-electron chi connectivity index (χ3n) is 3.59. The van der Waals surface area contributed by atoms with E-state index in [-0.39, 0.29) is 6.04 Å². The molecule has 21 heavy (non-hydrogen) atoms. The Hall–Kier alpha value is -2.12. The van der Waals surface area contributed by atoms with Crippen LogP contribution in [0.25, 0.3) is 0 Å². The number of hydrogen-bond donors (Lipinski definition) is 2. The molecule has 1 saturated heterocycles. The Kier molecular flexibility index (Phi) is 4.93. The maximum absolute atomic E-state index is 12.2. The monoisotopic (exact) mass is 299 g/mol. The van der Waals surface area contributed by atoms with Crippen molar-refractivity contribution in [2.45, 2.75) is 45.7 Å². The van der Waals surface area contributed by atoms with Crippen LogP contribution in [0.3, 0.4) is 0 Å². The summed E-state index contributed by atoms with van der Waals surface area (Å²) in [4.78, 5) is 48.9. The summed E-state index contributed by atoms with van der Waals surface area (Å²) < 4.78 is 0. The zero-order valence-electron chi connectivity index (χ0n) is 12.7. The normalized spacial score (nSPS) is 21.7. The molecule has 1 rings (SSSR count). The highest BCUT2D eigenvalue weighted by molar-refractivity contribution is 6.08. The number of carbonyl (C=O) groups excluding carboxylic acids is 3. The Labute approximate surface area is 123 Å². The van der Waals surface area contributed by atoms with Gasteiger partial charge in [0.2, 0.25) is 5.91 Å². The van der Waals surface area contributed by atoms with Gasteiger partial charge in [0.25, 0.3) is 5.91 Å². The Morgan fingerprint density at radius 2 is 1.95 bits per heavy atom. The molecule has 1 heterocycles. The lowest BCUT2D eigenvalue weighted by Crippen LogP contribution is -2.48. The highest BCUT2D eigenvalue weighted by Crippen LogP contribution is 2.20. The SMILES string of the molecule is CCC1(C)NC(=O)N(CC(=O)N(CC(=O)O)C(C)C)C1=O. The first kappa shape index (κ1) is 16.9. The van der Waals surface area contributed by atoms with Crippen LogP contribution >= 0.6 is 0 Å². The zero-order valence-corrected chi connectivity index (χ0v) is 12.7. The molecule has 0 spiro atoms. The molecule has 8 heteroatoms. The molecule has 0 aromatic rings. The van der Waals surface area contributed by atoms with E-state index in [0.717, 1.165) is 9.80 Å². The summed E-state index contributed by atoms with van der Waals surface area (Å²) in [5.41, 5.74) is -1.01. The lowest BCUT2D eigenvalue weighted by atomic mass is 9.99. The second kappa shape index (κ2) is 6.11. The van der Waals surface area contributed by atoms with E-state index in [2.05, 4.69) is 5.32 Å². The van der Waals surface area contributed by atoms with Gasteiger partial charge >= 0.3 is 12.0 Å².